The lowest BCUT2D eigenvalue weighted by molar-refractivity contribution is 0.0951. The zero-order valence-corrected chi connectivity index (χ0v) is 17.2. The first-order valence-electron chi connectivity index (χ1n) is 10.4. The summed E-state index contributed by atoms with van der Waals surface area (Å²) in [5, 5.41) is 9.98. The maximum atomic E-state index is 12.4. The Morgan fingerprint density at radius 1 is 1.27 bits per heavy atom. The molecule has 2 aliphatic rings. The number of nitrogens with two attached hydrogens (primary N) is 1. The first-order chi connectivity index (χ1) is 14.5. The van der Waals surface area contributed by atoms with Crippen LogP contribution in [0.25, 0.3) is 5.69 Å². The van der Waals surface area contributed by atoms with Gasteiger partial charge in [-0.25, -0.2) is 9.48 Å². The van der Waals surface area contributed by atoms with Crippen LogP contribution in [0.15, 0.2) is 24.4 Å². The van der Waals surface area contributed by atoms with Gasteiger partial charge < -0.3 is 26.0 Å². The van der Waals surface area contributed by atoms with Crippen molar-refractivity contribution in [2.75, 3.05) is 31.9 Å². The average Bonchev–Trinajstić information content (AvgIpc) is 3.25. The topological polar surface area (TPSA) is 115 Å². The van der Waals surface area contributed by atoms with Crippen LogP contribution in [0.5, 0.6) is 5.75 Å². The molecule has 0 spiro atoms. The molecule has 0 atom stereocenters. The van der Waals surface area contributed by atoms with Gasteiger partial charge >= 0.3 is 6.09 Å². The maximum absolute atomic E-state index is 12.4. The molecule has 2 heterocycles. The second kappa shape index (κ2) is 8.74. The lowest BCUT2D eigenvalue weighted by Gasteiger charge is -2.14. The van der Waals surface area contributed by atoms with Crippen molar-refractivity contribution >= 4 is 17.8 Å². The monoisotopic (exact) mass is 412 g/mol. The summed E-state index contributed by atoms with van der Waals surface area (Å²) in [6.07, 6.45) is 5.32. The number of likely N-dealkylation sites (tertiary alicyclic amines) is 1. The number of aryl methyl sites for hydroxylation is 1. The molecule has 160 valence electrons. The zero-order chi connectivity index (χ0) is 21.1. The molecule has 1 aromatic heterocycles. The van der Waals surface area contributed by atoms with Crippen molar-refractivity contribution in [1.82, 2.24) is 25.3 Å². The number of nitrogens with zero attached hydrogens (tertiary/aromatic N) is 3. The fourth-order valence-electron chi connectivity index (χ4n) is 3.55. The number of amides is 2. The summed E-state index contributed by atoms with van der Waals surface area (Å²) in [4.78, 5) is 26.8. The van der Waals surface area contributed by atoms with Gasteiger partial charge in [-0.3, -0.25) is 4.79 Å². The molecule has 30 heavy (non-hydrogen) atoms. The zero-order valence-electron chi connectivity index (χ0n) is 17.2. The van der Waals surface area contributed by atoms with Gasteiger partial charge in [-0.15, -0.1) is 0 Å². The molecule has 1 aliphatic heterocycles. The molecule has 9 heteroatoms. The van der Waals surface area contributed by atoms with Gasteiger partial charge in [0.15, 0.2) is 11.6 Å². The minimum Gasteiger partial charge on any atom is -0.405 e. The van der Waals surface area contributed by atoms with Gasteiger partial charge in [-0.2, -0.15) is 5.10 Å². The van der Waals surface area contributed by atoms with Gasteiger partial charge in [0, 0.05) is 24.7 Å². The summed E-state index contributed by atoms with van der Waals surface area (Å²) in [6, 6.07) is 5.66. The number of rotatable bonds is 7. The fourth-order valence-corrected chi connectivity index (χ4v) is 3.55. The molecule has 0 bridgehead atoms. The molecule has 2 fully saturated rings. The molecule has 0 unspecified atom stereocenters. The first-order valence-corrected chi connectivity index (χ1v) is 10.4. The molecule has 4 N–H and O–H groups in total. The van der Waals surface area contributed by atoms with Gasteiger partial charge in [0.2, 0.25) is 0 Å². The summed E-state index contributed by atoms with van der Waals surface area (Å²) in [7, 11) is 0. The van der Waals surface area contributed by atoms with E-state index in [-0.39, 0.29) is 23.5 Å². The van der Waals surface area contributed by atoms with E-state index in [1.807, 2.05) is 13.0 Å². The fraction of sp³-hybridized carbons (Fsp3) is 0.476. The highest BCUT2D eigenvalue weighted by Crippen LogP contribution is 2.27. The number of nitrogen functional groups attached to an aromatic ring is 1. The van der Waals surface area contributed by atoms with Gasteiger partial charge in [-0.05, 0) is 63.4 Å². The summed E-state index contributed by atoms with van der Waals surface area (Å²) >= 11 is 0. The highest BCUT2D eigenvalue weighted by Gasteiger charge is 2.24. The van der Waals surface area contributed by atoms with Gasteiger partial charge in [0.05, 0.1) is 11.9 Å². The molecule has 0 radical (unpaired) electrons. The highest BCUT2D eigenvalue weighted by atomic mass is 16.6. The minimum absolute atomic E-state index is 0.113. The number of nitrogens with one attached hydrogen (secondary N) is 2. The summed E-state index contributed by atoms with van der Waals surface area (Å²) in [6.45, 7) is 5.38. The minimum atomic E-state index is -0.560. The van der Waals surface area contributed by atoms with E-state index in [1.165, 1.54) is 23.7 Å². The van der Waals surface area contributed by atoms with Crippen LogP contribution in [-0.2, 0) is 0 Å². The second-order valence-corrected chi connectivity index (χ2v) is 7.92. The van der Waals surface area contributed by atoms with E-state index in [0.717, 1.165) is 38.0 Å². The molecule has 2 aromatic rings. The summed E-state index contributed by atoms with van der Waals surface area (Å²) in [5.41, 5.74) is 8.29. The van der Waals surface area contributed by atoms with Crippen LogP contribution in [0.1, 0.15) is 41.6 Å². The van der Waals surface area contributed by atoms with Crippen molar-refractivity contribution < 1.29 is 14.3 Å². The van der Waals surface area contributed by atoms with Crippen molar-refractivity contribution in [2.24, 2.45) is 0 Å². The Kier molecular flexibility index (Phi) is 5.89. The molecule has 2 amide bonds. The van der Waals surface area contributed by atoms with Gasteiger partial charge in [0.1, 0.15) is 0 Å². The molecule has 4 rings (SSSR count). The van der Waals surface area contributed by atoms with E-state index < -0.39 is 6.09 Å². The Hall–Kier alpha value is -3.07. The van der Waals surface area contributed by atoms with Crippen LogP contribution in [0.2, 0.25) is 0 Å². The molecule has 1 aliphatic carbocycles. The average molecular weight is 412 g/mol. The van der Waals surface area contributed by atoms with Crippen molar-refractivity contribution in [2.45, 2.75) is 38.6 Å². The Bertz CT molecular complexity index is 931. The van der Waals surface area contributed by atoms with Crippen molar-refractivity contribution in [1.29, 1.82) is 0 Å². The van der Waals surface area contributed by atoms with E-state index in [2.05, 4.69) is 20.6 Å². The highest BCUT2D eigenvalue weighted by molar-refractivity contribution is 5.95. The predicted molar refractivity (Wildman–Crippen MR) is 113 cm³/mol. The quantitative estimate of drug-likeness (QED) is 0.639. The van der Waals surface area contributed by atoms with E-state index in [4.69, 9.17) is 10.5 Å². The van der Waals surface area contributed by atoms with Crippen LogP contribution < -0.4 is 21.1 Å². The smallest absolute Gasteiger partial charge is 0.405 e. The van der Waals surface area contributed by atoms with Crippen molar-refractivity contribution in [3.05, 3.63) is 35.5 Å². The van der Waals surface area contributed by atoms with Crippen LogP contribution in [-0.4, -0.2) is 58.9 Å². The molecule has 1 aromatic carbocycles. The predicted octanol–water partition coefficient (Wildman–Crippen LogP) is 1.84. The van der Waals surface area contributed by atoms with E-state index >= 15 is 0 Å². The Morgan fingerprint density at radius 3 is 2.77 bits per heavy atom. The number of carbonyl (C=O) groups excluding carboxylic acids is 2. The molecular weight excluding hydrogens is 384 g/mol. The first kappa shape index (κ1) is 20.2. The lowest BCUT2D eigenvalue weighted by atomic mass is 10.1. The summed E-state index contributed by atoms with van der Waals surface area (Å²) < 4.78 is 6.82. The second-order valence-electron chi connectivity index (χ2n) is 7.92. The molecule has 9 nitrogen and oxygen atoms in total. The van der Waals surface area contributed by atoms with Crippen LogP contribution in [0, 0.1) is 6.92 Å². The third kappa shape index (κ3) is 4.73. The van der Waals surface area contributed by atoms with Crippen molar-refractivity contribution in [3.8, 4) is 11.4 Å². The normalized spacial score (nSPS) is 16.4. The number of ether oxygens (including phenoxy) is 1. The van der Waals surface area contributed by atoms with Crippen LogP contribution >= 0.6 is 0 Å². The molecule has 1 saturated heterocycles. The third-order valence-corrected chi connectivity index (χ3v) is 5.48. The Labute approximate surface area is 175 Å². The van der Waals surface area contributed by atoms with Crippen LogP contribution in [0.4, 0.5) is 10.6 Å². The number of carbonyl (C=O) groups is 2. The number of anilines is 1. The SMILES string of the molecule is Cc1ccc(C(=O)NC2CC2)cc1-n1ncc(OC(=O)NCCN2CCCC2)c1N. The van der Waals surface area contributed by atoms with Crippen molar-refractivity contribution in [3.63, 3.8) is 0 Å². The Balaban J connectivity index is 1.40. The maximum Gasteiger partial charge on any atom is 0.412 e. The number of hydrogen-bond donors (Lipinski definition) is 3. The van der Waals surface area contributed by atoms with E-state index in [1.54, 1.807) is 12.1 Å². The Morgan fingerprint density at radius 2 is 2.03 bits per heavy atom. The number of aromatic nitrogens is 2. The van der Waals surface area contributed by atoms with Crippen LogP contribution in [0.3, 0.4) is 0 Å². The molecular formula is C21H28N6O3. The largest absolute Gasteiger partial charge is 0.412 e. The van der Waals surface area contributed by atoms with E-state index in [9.17, 15) is 9.59 Å². The number of hydrogen-bond acceptors (Lipinski definition) is 6. The molecule has 1 saturated carbocycles. The summed E-state index contributed by atoms with van der Waals surface area (Å²) in [5.74, 6) is 0.270. The number of benzene rings is 1. The standard InChI is InChI=1S/C21H28N6O3/c1-14-4-5-15(20(28)25-16-6-7-16)12-17(14)27-19(22)18(13-24-27)30-21(29)23-8-11-26-9-2-3-10-26/h4-5,12-13,16H,2-3,6-11,22H2,1H3,(H,23,29)(H,25,28). The van der Waals surface area contributed by atoms with E-state index in [0.29, 0.717) is 17.8 Å². The lowest BCUT2D eigenvalue weighted by Crippen LogP contribution is -2.35. The van der Waals surface area contributed by atoms with Gasteiger partial charge in [0.25, 0.3) is 5.91 Å². The third-order valence-electron chi connectivity index (χ3n) is 5.48. The van der Waals surface area contributed by atoms with Gasteiger partial charge in [-0.1, -0.05) is 6.07 Å².